The smallest absolute Gasteiger partial charge is 0.336 e. The van der Waals surface area contributed by atoms with Gasteiger partial charge in [-0.3, -0.25) is 10.1 Å². The van der Waals surface area contributed by atoms with E-state index in [1.54, 1.807) is 0 Å². The third-order valence-corrected chi connectivity index (χ3v) is 2.37. The molecule has 1 aromatic rings. The van der Waals surface area contributed by atoms with Gasteiger partial charge in [-0.05, 0) is 12.8 Å². The summed E-state index contributed by atoms with van der Waals surface area (Å²) in [5, 5.41) is 8.94. The lowest BCUT2D eigenvalue weighted by atomic mass is 9.85. The Kier molecular flexibility index (Phi) is 2.34. The monoisotopic (exact) mass is 196 g/mol. The van der Waals surface area contributed by atoms with E-state index in [4.69, 9.17) is 4.74 Å². The lowest BCUT2D eigenvalue weighted by Crippen LogP contribution is -2.28. The predicted octanol–water partition coefficient (Wildman–Crippen LogP) is 0.552. The van der Waals surface area contributed by atoms with Gasteiger partial charge >= 0.3 is 6.01 Å². The van der Waals surface area contributed by atoms with Crippen LogP contribution in [0.1, 0.15) is 19.3 Å². The highest BCUT2D eigenvalue weighted by atomic mass is 16.5. The van der Waals surface area contributed by atoms with Crippen LogP contribution in [0.4, 0.5) is 5.95 Å². The minimum Gasteiger partial charge on any atom is -0.466 e. The van der Waals surface area contributed by atoms with Crippen molar-refractivity contribution in [1.29, 1.82) is 0 Å². The number of rotatable bonds is 3. The van der Waals surface area contributed by atoms with Crippen LogP contribution < -0.4 is 10.1 Å². The van der Waals surface area contributed by atoms with Gasteiger partial charge in [-0.2, -0.15) is 4.98 Å². The molecule has 1 aromatic heterocycles. The Morgan fingerprint density at radius 2 is 2.43 bits per heavy atom. The topological polar surface area (TPSA) is 79.9 Å². The maximum absolute atomic E-state index is 11.5. The Balaban J connectivity index is 1.92. The molecule has 0 bridgehead atoms. The van der Waals surface area contributed by atoms with Gasteiger partial charge in [0.1, 0.15) is 0 Å². The van der Waals surface area contributed by atoms with E-state index >= 15 is 0 Å². The van der Waals surface area contributed by atoms with Gasteiger partial charge in [0.05, 0.1) is 7.11 Å². The number of methoxy groups -OCH3 is 1. The molecule has 6 heteroatoms. The summed E-state index contributed by atoms with van der Waals surface area (Å²) in [5.74, 6) is 0.500. The quantitative estimate of drug-likeness (QED) is 0.739. The zero-order valence-corrected chi connectivity index (χ0v) is 7.91. The minimum absolute atomic E-state index is 0.00931. The second-order valence-electron chi connectivity index (χ2n) is 3.29. The molecule has 76 valence electrons. The van der Waals surface area contributed by atoms with Gasteiger partial charge in [0.15, 0.2) is 0 Å². The van der Waals surface area contributed by atoms with Crippen LogP contribution in [0, 0.1) is 5.92 Å². The second kappa shape index (κ2) is 3.65. The summed E-state index contributed by atoms with van der Waals surface area (Å²) >= 11 is 0. The van der Waals surface area contributed by atoms with Gasteiger partial charge < -0.3 is 4.74 Å². The first-order valence-corrected chi connectivity index (χ1v) is 4.57. The van der Waals surface area contributed by atoms with Crippen molar-refractivity contribution in [2.24, 2.45) is 5.92 Å². The summed E-state index contributed by atoms with van der Waals surface area (Å²) in [7, 11) is 1.47. The van der Waals surface area contributed by atoms with Crippen LogP contribution in [0.3, 0.4) is 0 Å². The standard InChI is InChI=1S/C8H12N4O2/c1-14-8-10-7(11-12-8)9-6(13)5-3-2-4-5/h5H,2-4H2,1H3,(H2,9,10,11,12,13). The van der Waals surface area contributed by atoms with Crippen LogP contribution in [0.15, 0.2) is 0 Å². The second-order valence-corrected chi connectivity index (χ2v) is 3.29. The highest BCUT2D eigenvalue weighted by molar-refractivity contribution is 5.91. The lowest BCUT2D eigenvalue weighted by molar-refractivity contribution is -0.122. The van der Waals surface area contributed by atoms with Gasteiger partial charge in [0.25, 0.3) is 0 Å². The van der Waals surface area contributed by atoms with E-state index in [1.165, 1.54) is 7.11 Å². The summed E-state index contributed by atoms with van der Waals surface area (Å²) in [5.41, 5.74) is 0. The Bertz CT molecular complexity index is 332. The van der Waals surface area contributed by atoms with Gasteiger partial charge in [-0.25, -0.2) is 5.10 Å². The minimum atomic E-state index is 0.00931. The molecule has 0 aliphatic heterocycles. The largest absolute Gasteiger partial charge is 0.466 e. The summed E-state index contributed by atoms with van der Waals surface area (Å²) < 4.78 is 4.77. The maximum Gasteiger partial charge on any atom is 0.336 e. The van der Waals surface area contributed by atoms with E-state index in [0.717, 1.165) is 19.3 Å². The first-order chi connectivity index (χ1) is 6.79. The highest BCUT2D eigenvalue weighted by Gasteiger charge is 2.25. The number of aromatic amines is 1. The van der Waals surface area contributed by atoms with Crippen molar-refractivity contribution < 1.29 is 9.53 Å². The van der Waals surface area contributed by atoms with Gasteiger partial charge in [-0.1, -0.05) is 6.42 Å². The summed E-state index contributed by atoms with van der Waals surface area (Å²) in [6.07, 6.45) is 3.08. The first kappa shape index (κ1) is 8.98. The molecule has 0 aromatic carbocycles. The van der Waals surface area contributed by atoms with E-state index in [2.05, 4.69) is 20.5 Å². The van der Waals surface area contributed by atoms with Crippen LogP contribution in [0.5, 0.6) is 6.01 Å². The van der Waals surface area contributed by atoms with Crippen molar-refractivity contribution in [1.82, 2.24) is 15.2 Å². The molecule has 0 saturated heterocycles. The number of nitrogens with zero attached hydrogens (tertiary/aromatic N) is 2. The number of hydrogen-bond donors (Lipinski definition) is 2. The molecule has 2 rings (SSSR count). The number of aromatic nitrogens is 3. The fraction of sp³-hybridized carbons (Fsp3) is 0.625. The highest BCUT2D eigenvalue weighted by Crippen LogP contribution is 2.27. The fourth-order valence-electron chi connectivity index (χ4n) is 1.28. The van der Waals surface area contributed by atoms with Crippen molar-refractivity contribution in [3.63, 3.8) is 0 Å². The number of anilines is 1. The molecule has 1 heterocycles. The SMILES string of the molecule is COc1n[nH]c(NC(=O)C2CCC2)n1. The Morgan fingerprint density at radius 3 is 2.93 bits per heavy atom. The van der Waals surface area contributed by atoms with E-state index in [1.807, 2.05) is 0 Å². The molecule has 1 aliphatic rings. The van der Waals surface area contributed by atoms with Crippen molar-refractivity contribution in [2.45, 2.75) is 19.3 Å². The normalized spacial score (nSPS) is 16.1. The molecule has 1 amide bonds. The number of nitrogens with one attached hydrogen (secondary N) is 2. The van der Waals surface area contributed by atoms with Gasteiger partial charge in [0.2, 0.25) is 11.9 Å². The first-order valence-electron chi connectivity index (χ1n) is 4.57. The third kappa shape index (κ3) is 1.68. The fourth-order valence-corrected chi connectivity index (χ4v) is 1.28. The molecule has 0 radical (unpaired) electrons. The summed E-state index contributed by atoms with van der Waals surface area (Å²) in [6.45, 7) is 0. The third-order valence-electron chi connectivity index (χ3n) is 2.37. The molecule has 14 heavy (non-hydrogen) atoms. The molecular formula is C8H12N4O2. The predicted molar refractivity (Wildman–Crippen MR) is 48.9 cm³/mol. The van der Waals surface area contributed by atoms with Crippen molar-refractivity contribution >= 4 is 11.9 Å². The van der Waals surface area contributed by atoms with Crippen LogP contribution in [-0.4, -0.2) is 28.2 Å². The van der Waals surface area contributed by atoms with E-state index < -0.39 is 0 Å². The van der Waals surface area contributed by atoms with Crippen molar-refractivity contribution in [3.05, 3.63) is 0 Å². The van der Waals surface area contributed by atoms with E-state index in [0.29, 0.717) is 5.95 Å². The molecule has 2 N–H and O–H groups in total. The van der Waals surface area contributed by atoms with E-state index in [9.17, 15) is 4.79 Å². The average Bonchev–Trinajstić information content (AvgIpc) is 2.48. The molecule has 0 atom stereocenters. The number of hydrogen-bond acceptors (Lipinski definition) is 4. The number of carbonyl (C=O) groups is 1. The number of amides is 1. The van der Waals surface area contributed by atoms with Crippen LogP contribution >= 0.6 is 0 Å². The maximum atomic E-state index is 11.5. The van der Waals surface area contributed by atoms with E-state index in [-0.39, 0.29) is 17.8 Å². The molecule has 1 fully saturated rings. The lowest BCUT2D eigenvalue weighted by Gasteiger charge is -2.23. The van der Waals surface area contributed by atoms with Gasteiger partial charge in [0, 0.05) is 5.92 Å². The number of carbonyl (C=O) groups excluding carboxylic acids is 1. The Labute approximate surface area is 81.1 Å². The molecule has 0 spiro atoms. The van der Waals surface area contributed by atoms with Crippen LogP contribution in [0.2, 0.25) is 0 Å². The van der Waals surface area contributed by atoms with Crippen LogP contribution in [-0.2, 0) is 4.79 Å². The van der Waals surface area contributed by atoms with Crippen molar-refractivity contribution in [3.8, 4) is 6.01 Å². The number of H-pyrrole nitrogens is 1. The molecule has 1 saturated carbocycles. The van der Waals surface area contributed by atoms with Gasteiger partial charge in [-0.15, -0.1) is 5.10 Å². The van der Waals surface area contributed by atoms with Crippen molar-refractivity contribution in [2.75, 3.05) is 12.4 Å². The Hall–Kier alpha value is -1.59. The van der Waals surface area contributed by atoms with Crippen LogP contribution in [0.25, 0.3) is 0 Å². The summed E-state index contributed by atoms with van der Waals surface area (Å²) in [6, 6.07) is 0.230. The zero-order valence-electron chi connectivity index (χ0n) is 7.91. The average molecular weight is 196 g/mol. The molecule has 6 nitrogen and oxygen atoms in total. The molecular weight excluding hydrogens is 184 g/mol. The number of ether oxygens (including phenoxy) is 1. The molecule has 0 unspecified atom stereocenters. The summed E-state index contributed by atoms with van der Waals surface area (Å²) in [4.78, 5) is 15.3. The molecule has 1 aliphatic carbocycles. The zero-order chi connectivity index (χ0) is 9.97. The Morgan fingerprint density at radius 1 is 1.64 bits per heavy atom.